The first-order valence-electron chi connectivity index (χ1n) is 7.70. The van der Waals surface area contributed by atoms with E-state index in [2.05, 4.69) is 10.4 Å². The van der Waals surface area contributed by atoms with Crippen LogP contribution >= 0.6 is 11.3 Å². The maximum atomic E-state index is 12.7. The van der Waals surface area contributed by atoms with E-state index in [0.29, 0.717) is 11.4 Å². The Balaban J connectivity index is 2.24. The SMILES string of the molecule is CCc1c(C)sc(NC(=O)Cn2nc(C(F)(F)F)cc2C)c1C(=O)OC. The summed E-state index contributed by atoms with van der Waals surface area (Å²) in [5, 5.41) is 6.32. The minimum absolute atomic E-state index is 0.206. The number of carbonyl (C=O) groups is 2. The van der Waals surface area contributed by atoms with Gasteiger partial charge in [-0.2, -0.15) is 18.3 Å². The van der Waals surface area contributed by atoms with Crippen molar-refractivity contribution in [1.82, 2.24) is 9.78 Å². The zero-order valence-electron chi connectivity index (χ0n) is 14.7. The molecular formula is C16H18F3N3O3S. The fraction of sp³-hybridized carbons (Fsp3) is 0.438. The van der Waals surface area contributed by atoms with Crippen molar-refractivity contribution >= 4 is 28.2 Å². The fourth-order valence-electron chi connectivity index (χ4n) is 2.52. The zero-order chi connectivity index (χ0) is 19.6. The van der Waals surface area contributed by atoms with Crippen molar-refractivity contribution in [2.24, 2.45) is 0 Å². The molecule has 10 heteroatoms. The molecule has 0 aliphatic rings. The molecule has 0 fully saturated rings. The summed E-state index contributed by atoms with van der Waals surface area (Å²) in [4.78, 5) is 25.2. The molecule has 0 saturated heterocycles. The molecule has 0 aromatic carbocycles. The number of nitrogens with one attached hydrogen (secondary N) is 1. The summed E-state index contributed by atoms with van der Waals surface area (Å²) >= 11 is 1.22. The summed E-state index contributed by atoms with van der Waals surface area (Å²) in [5.74, 6) is -1.16. The van der Waals surface area contributed by atoms with Crippen LogP contribution in [0.25, 0.3) is 0 Å². The highest BCUT2D eigenvalue weighted by atomic mass is 32.1. The van der Waals surface area contributed by atoms with Crippen LogP contribution < -0.4 is 5.32 Å². The summed E-state index contributed by atoms with van der Waals surface area (Å²) in [6.45, 7) is 4.72. The molecule has 2 aromatic rings. The summed E-state index contributed by atoms with van der Waals surface area (Å²) in [6.07, 6.45) is -4.00. The van der Waals surface area contributed by atoms with E-state index in [-0.39, 0.29) is 11.3 Å². The number of anilines is 1. The number of methoxy groups -OCH3 is 1. The standard InChI is InChI=1S/C16H18F3N3O3S/c1-5-10-9(3)26-14(13(10)15(24)25-4)20-12(23)7-22-8(2)6-11(21-22)16(17,18)19/h6H,5,7H2,1-4H3,(H,20,23). The zero-order valence-corrected chi connectivity index (χ0v) is 15.5. The molecule has 0 atom stereocenters. The van der Waals surface area contributed by atoms with Crippen LogP contribution in [-0.2, 0) is 28.7 Å². The Kier molecular flexibility index (Phi) is 5.74. The average Bonchev–Trinajstić information content (AvgIpc) is 3.06. The van der Waals surface area contributed by atoms with Crippen LogP contribution in [0.4, 0.5) is 18.2 Å². The number of aromatic nitrogens is 2. The van der Waals surface area contributed by atoms with Crippen molar-refractivity contribution in [3.63, 3.8) is 0 Å². The van der Waals surface area contributed by atoms with E-state index in [1.807, 2.05) is 13.8 Å². The summed E-state index contributed by atoms with van der Waals surface area (Å²) in [7, 11) is 1.24. The predicted molar refractivity (Wildman–Crippen MR) is 90.4 cm³/mol. The van der Waals surface area contributed by atoms with Crippen LogP contribution in [0.2, 0.25) is 0 Å². The minimum atomic E-state index is -4.58. The van der Waals surface area contributed by atoms with Gasteiger partial charge in [-0.15, -0.1) is 11.3 Å². The van der Waals surface area contributed by atoms with Gasteiger partial charge in [0.2, 0.25) is 5.91 Å². The molecule has 0 saturated carbocycles. The Morgan fingerprint density at radius 1 is 1.35 bits per heavy atom. The van der Waals surface area contributed by atoms with Gasteiger partial charge in [0.15, 0.2) is 5.69 Å². The van der Waals surface area contributed by atoms with Crippen LogP contribution in [0.1, 0.15) is 39.1 Å². The predicted octanol–water partition coefficient (Wildman–Crippen LogP) is 3.57. The number of halogens is 3. The van der Waals surface area contributed by atoms with Gasteiger partial charge < -0.3 is 10.1 Å². The van der Waals surface area contributed by atoms with E-state index in [9.17, 15) is 22.8 Å². The number of rotatable bonds is 5. The number of nitrogens with zero attached hydrogens (tertiary/aromatic N) is 2. The van der Waals surface area contributed by atoms with E-state index < -0.39 is 30.3 Å². The minimum Gasteiger partial charge on any atom is -0.465 e. The Labute approximate surface area is 152 Å². The topological polar surface area (TPSA) is 73.2 Å². The molecule has 0 unspecified atom stereocenters. The number of aryl methyl sites for hydroxylation is 2. The van der Waals surface area contributed by atoms with Crippen LogP contribution in [-0.4, -0.2) is 28.8 Å². The Hall–Kier alpha value is -2.36. The largest absolute Gasteiger partial charge is 0.465 e. The second-order valence-electron chi connectivity index (χ2n) is 5.56. The van der Waals surface area contributed by atoms with Gasteiger partial charge in [0.05, 0.1) is 12.7 Å². The summed E-state index contributed by atoms with van der Waals surface area (Å²) in [5.41, 5.74) is 0.196. The highest BCUT2D eigenvalue weighted by molar-refractivity contribution is 7.16. The van der Waals surface area contributed by atoms with Crippen LogP contribution in [0.15, 0.2) is 6.07 Å². The average molecular weight is 389 g/mol. The van der Waals surface area contributed by atoms with E-state index in [0.717, 1.165) is 21.2 Å². The quantitative estimate of drug-likeness (QED) is 0.794. The molecule has 26 heavy (non-hydrogen) atoms. The van der Waals surface area contributed by atoms with Gasteiger partial charge in [-0.25, -0.2) is 4.79 Å². The summed E-state index contributed by atoms with van der Waals surface area (Å²) in [6, 6.07) is 0.873. The number of alkyl halides is 3. The Bertz CT molecular complexity index is 840. The molecule has 6 nitrogen and oxygen atoms in total. The maximum absolute atomic E-state index is 12.7. The number of carbonyl (C=O) groups excluding carboxylic acids is 2. The van der Waals surface area contributed by atoms with Gasteiger partial charge in [0.25, 0.3) is 0 Å². The molecule has 2 aromatic heterocycles. The lowest BCUT2D eigenvalue weighted by Crippen LogP contribution is -2.21. The van der Waals surface area contributed by atoms with Crippen molar-refractivity contribution in [2.45, 2.75) is 39.9 Å². The van der Waals surface area contributed by atoms with E-state index >= 15 is 0 Å². The molecule has 1 N–H and O–H groups in total. The van der Waals surface area contributed by atoms with Gasteiger partial charge in [-0.1, -0.05) is 6.92 Å². The lowest BCUT2D eigenvalue weighted by molar-refractivity contribution is -0.141. The molecular weight excluding hydrogens is 371 g/mol. The first kappa shape index (κ1) is 20.0. The van der Waals surface area contributed by atoms with Gasteiger partial charge in [0, 0.05) is 10.6 Å². The van der Waals surface area contributed by atoms with Gasteiger partial charge in [0.1, 0.15) is 11.5 Å². The molecule has 0 aliphatic carbocycles. The van der Waals surface area contributed by atoms with Crippen molar-refractivity contribution < 1.29 is 27.5 Å². The van der Waals surface area contributed by atoms with Gasteiger partial charge in [-0.3, -0.25) is 9.48 Å². The van der Waals surface area contributed by atoms with Crippen molar-refractivity contribution in [2.75, 3.05) is 12.4 Å². The monoisotopic (exact) mass is 389 g/mol. The fourth-order valence-corrected chi connectivity index (χ4v) is 3.67. The third-order valence-electron chi connectivity index (χ3n) is 3.77. The second-order valence-corrected chi connectivity index (χ2v) is 6.79. The lowest BCUT2D eigenvalue weighted by atomic mass is 10.1. The number of amides is 1. The number of esters is 1. The third kappa shape index (κ3) is 4.06. The van der Waals surface area contributed by atoms with Gasteiger partial charge in [-0.05, 0) is 31.9 Å². The molecule has 0 aliphatic heterocycles. The van der Waals surface area contributed by atoms with Crippen LogP contribution in [0, 0.1) is 13.8 Å². The van der Waals surface area contributed by atoms with Gasteiger partial charge >= 0.3 is 12.1 Å². The Morgan fingerprint density at radius 3 is 2.50 bits per heavy atom. The highest BCUT2D eigenvalue weighted by Crippen LogP contribution is 2.34. The van der Waals surface area contributed by atoms with Crippen molar-refractivity contribution in [3.05, 3.63) is 33.5 Å². The van der Waals surface area contributed by atoms with E-state index in [4.69, 9.17) is 4.74 Å². The number of thiophene rings is 1. The molecule has 2 heterocycles. The number of hydrogen-bond acceptors (Lipinski definition) is 5. The molecule has 142 valence electrons. The van der Waals surface area contributed by atoms with Crippen molar-refractivity contribution in [1.29, 1.82) is 0 Å². The van der Waals surface area contributed by atoms with E-state index in [1.54, 1.807) is 0 Å². The first-order chi connectivity index (χ1) is 12.1. The molecule has 0 bridgehead atoms. The molecule has 1 amide bonds. The lowest BCUT2D eigenvalue weighted by Gasteiger charge is -2.08. The van der Waals surface area contributed by atoms with E-state index in [1.165, 1.54) is 25.4 Å². The number of ether oxygens (including phenoxy) is 1. The molecule has 0 radical (unpaired) electrons. The normalized spacial score (nSPS) is 11.5. The third-order valence-corrected chi connectivity index (χ3v) is 4.83. The summed E-state index contributed by atoms with van der Waals surface area (Å²) < 4.78 is 43.9. The van der Waals surface area contributed by atoms with Crippen LogP contribution in [0.5, 0.6) is 0 Å². The van der Waals surface area contributed by atoms with Crippen LogP contribution in [0.3, 0.4) is 0 Å². The molecule has 2 rings (SSSR count). The Morgan fingerprint density at radius 2 is 2.00 bits per heavy atom. The molecule has 0 spiro atoms. The maximum Gasteiger partial charge on any atom is 0.435 e. The second kappa shape index (κ2) is 7.48. The smallest absolute Gasteiger partial charge is 0.435 e. The highest BCUT2D eigenvalue weighted by Gasteiger charge is 2.34. The first-order valence-corrected chi connectivity index (χ1v) is 8.52. The van der Waals surface area contributed by atoms with Crippen molar-refractivity contribution in [3.8, 4) is 0 Å². The number of hydrogen-bond donors (Lipinski definition) is 1.